The predicted molar refractivity (Wildman–Crippen MR) is 68.5 cm³/mol. The van der Waals surface area contributed by atoms with Gasteiger partial charge in [0.1, 0.15) is 5.41 Å². The summed E-state index contributed by atoms with van der Waals surface area (Å²) in [6.07, 6.45) is 7.66. The van der Waals surface area contributed by atoms with Crippen LogP contribution in [0, 0.1) is 28.6 Å². The summed E-state index contributed by atoms with van der Waals surface area (Å²) in [5, 5.41) is 9.40. The van der Waals surface area contributed by atoms with Crippen LogP contribution in [0.3, 0.4) is 0 Å². The predicted octanol–water partition coefficient (Wildman–Crippen LogP) is 2.72. The number of nitriles is 1. The Hall–Kier alpha value is -1.04. The molecule has 0 radical (unpaired) electrons. The zero-order chi connectivity index (χ0) is 12.8. The molecule has 98 valence electrons. The van der Waals surface area contributed by atoms with E-state index in [0.29, 0.717) is 12.0 Å². The first-order chi connectivity index (χ1) is 8.66. The molecule has 1 aliphatic heterocycles. The molecule has 0 aromatic heterocycles. The first kappa shape index (κ1) is 12.0. The number of fused-ring (bicyclic) bond motifs is 1. The fourth-order valence-electron chi connectivity index (χ4n) is 4.42. The van der Waals surface area contributed by atoms with Crippen molar-refractivity contribution >= 4 is 5.91 Å². The quantitative estimate of drug-likeness (QED) is 0.714. The molecule has 1 amide bonds. The van der Waals surface area contributed by atoms with Crippen LogP contribution in [0.5, 0.6) is 0 Å². The van der Waals surface area contributed by atoms with Crippen LogP contribution < -0.4 is 0 Å². The van der Waals surface area contributed by atoms with E-state index in [9.17, 15) is 10.1 Å². The zero-order valence-corrected chi connectivity index (χ0v) is 11.2. The Bertz CT molecular complexity index is 392. The second kappa shape index (κ2) is 4.26. The second-order valence-electron chi connectivity index (χ2n) is 6.61. The minimum Gasteiger partial charge on any atom is -0.338 e. The Morgan fingerprint density at radius 3 is 2.67 bits per heavy atom. The van der Waals surface area contributed by atoms with Gasteiger partial charge in [-0.3, -0.25) is 4.79 Å². The van der Waals surface area contributed by atoms with Crippen LogP contribution in [-0.4, -0.2) is 23.4 Å². The number of carbonyl (C=O) groups is 1. The molecule has 3 nitrogen and oxygen atoms in total. The number of rotatable bonds is 1. The second-order valence-corrected chi connectivity index (χ2v) is 6.61. The SMILES string of the molecule is CC1CC(C#N)(C(=O)N2CCCC3CCCC32)C1. The van der Waals surface area contributed by atoms with E-state index in [1.165, 1.54) is 19.3 Å². The van der Waals surface area contributed by atoms with Crippen molar-refractivity contribution < 1.29 is 4.79 Å². The molecule has 3 aliphatic rings. The Morgan fingerprint density at radius 1 is 1.28 bits per heavy atom. The third-order valence-corrected chi connectivity index (χ3v) is 5.27. The summed E-state index contributed by atoms with van der Waals surface area (Å²) < 4.78 is 0. The molecular weight excluding hydrogens is 224 g/mol. The maximum atomic E-state index is 12.7. The highest BCUT2D eigenvalue weighted by Gasteiger charge is 2.53. The van der Waals surface area contributed by atoms with E-state index in [0.717, 1.165) is 38.1 Å². The van der Waals surface area contributed by atoms with Crippen molar-refractivity contribution in [2.24, 2.45) is 17.3 Å². The molecule has 3 fully saturated rings. The largest absolute Gasteiger partial charge is 0.338 e. The van der Waals surface area contributed by atoms with Gasteiger partial charge in [0.15, 0.2) is 0 Å². The molecule has 3 heteroatoms. The van der Waals surface area contributed by atoms with E-state index in [1.54, 1.807) is 0 Å². The van der Waals surface area contributed by atoms with E-state index in [-0.39, 0.29) is 5.91 Å². The van der Waals surface area contributed by atoms with Gasteiger partial charge in [-0.2, -0.15) is 5.26 Å². The fraction of sp³-hybridized carbons (Fsp3) is 0.867. The number of carbonyl (C=O) groups excluding carboxylic acids is 1. The smallest absolute Gasteiger partial charge is 0.243 e. The fourth-order valence-corrected chi connectivity index (χ4v) is 4.42. The van der Waals surface area contributed by atoms with Crippen molar-refractivity contribution in [2.45, 2.75) is 57.9 Å². The van der Waals surface area contributed by atoms with Crippen molar-refractivity contribution in [3.63, 3.8) is 0 Å². The average molecular weight is 246 g/mol. The molecule has 3 rings (SSSR count). The Balaban J connectivity index is 1.78. The van der Waals surface area contributed by atoms with E-state index in [1.807, 2.05) is 0 Å². The van der Waals surface area contributed by atoms with Gasteiger partial charge in [-0.25, -0.2) is 0 Å². The number of nitrogens with zero attached hydrogens (tertiary/aromatic N) is 2. The van der Waals surface area contributed by atoms with Crippen LogP contribution >= 0.6 is 0 Å². The maximum absolute atomic E-state index is 12.7. The highest BCUT2D eigenvalue weighted by molar-refractivity contribution is 5.87. The molecule has 1 heterocycles. The molecule has 2 aliphatic carbocycles. The number of amides is 1. The third-order valence-electron chi connectivity index (χ3n) is 5.27. The standard InChI is InChI=1S/C15H22N2O/c1-11-8-15(9-11,10-16)14(18)17-7-3-5-12-4-2-6-13(12)17/h11-13H,2-9H2,1H3. The number of hydrogen-bond donors (Lipinski definition) is 0. The molecule has 1 saturated heterocycles. The van der Waals surface area contributed by atoms with E-state index < -0.39 is 5.41 Å². The summed E-state index contributed by atoms with van der Waals surface area (Å²) in [4.78, 5) is 14.8. The molecule has 2 atom stereocenters. The summed E-state index contributed by atoms with van der Waals surface area (Å²) in [6, 6.07) is 2.78. The highest BCUT2D eigenvalue weighted by atomic mass is 16.2. The first-order valence-corrected chi connectivity index (χ1v) is 7.38. The summed E-state index contributed by atoms with van der Waals surface area (Å²) >= 11 is 0. The maximum Gasteiger partial charge on any atom is 0.243 e. The zero-order valence-electron chi connectivity index (χ0n) is 11.2. The lowest BCUT2D eigenvalue weighted by atomic mass is 9.62. The molecule has 0 bridgehead atoms. The lowest BCUT2D eigenvalue weighted by Gasteiger charge is -2.46. The minimum atomic E-state index is -0.663. The summed E-state index contributed by atoms with van der Waals surface area (Å²) in [7, 11) is 0. The summed E-state index contributed by atoms with van der Waals surface area (Å²) in [6.45, 7) is 3.02. The van der Waals surface area contributed by atoms with Crippen molar-refractivity contribution in [1.82, 2.24) is 4.90 Å². The number of hydrogen-bond acceptors (Lipinski definition) is 2. The van der Waals surface area contributed by atoms with Gasteiger partial charge in [0.05, 0.1) is 6.07 Å². The molecule has 2 unspecified atom stereocenters. The van der Waals surface area contributed by atoms with Crippen molar-refractivity contribution in [3.8, 4) is 6.07 Å². The van der Waals surface area contributed by atoms with Crippen LogP contribution in [0.2, 0.25) is 0 Å². The van der Waals surface area contributed by atoms with Gasteiger partial charge in [-0.1, -0.05) is 13.3 Å². The van der Waals surface area contributed by atoms with Gasteiger partial charge in [0.25, 0.3) is 0 Å². The summed E-state index contributed by atoms with van der Waals surface area (Å²) in [5.41, 5.74) is -0.663. The number of piperidine rings is 1. The van der Waals surface area contributed by atoms with Crippen molar-refractivity contribution in [1.29, 1.82) is 5.26 Å². The minimum absolute atomic E-state index is 0.153. The Kier molecular flexibility index (Phi) is 2.84. The Morgan fingerprint density at radius 2 is 2.00 bits per heavy atom. The monoisotopic (exact) mass is 246 g/mol. The molecule has 18 heavy (non-hydrogen) atoms. The van der Waals surface area contributed by atoms with Crippen molar-refractivity contribution in [3.05, 3.63) is 0 Å². The van der Waals surface area contributed by atoms with E-state index in [4.69, 9.17) is 0 Å². The molecule has 0 aromatic carbocycles. The van der Waals surface area contributed by atoms with Gasteiger partial charge in [-0.05, 0) is 50.4 Å². The Labute approximate surface area is 109 Å². The topological polar surface area (TPSA) is 44.1 Å². The lowest BCUT2D eigenvalue weighted by Crippen LogP contribution is -2.55. The number of likely N-dealkylation sites (tertiary alicyclic amines) is 1. The van der Waals surface area contributed by atoms with Crippen LogP contribution in [0.15, 0.2) is 0 Å². The van der Waals surface area contributed by atoms with Crippen molar-refractivity contribution in [2.75, 3.05) is 6.54 Å². The van der Waals surface area contributed by atoms with E-state index >= 15 is 0 Å². The third kappa shape index (κ3) is 1.66. The average Bonchev–Trinajstić information content (AvgIpc) is 2.81. The summed E-state index contributed by atoms with van der Waals surface area (Å²) in [5.74, 6) is 1.41. The molecule has 2 saturated carbocycles. The van der Waals surface area contributed by atoms with Gasteiger partial charge in [0, 0.05) is 12.6 Å². The van der Waals surface area contributed by atoms with Crippen LogP contribution in [0.25, 0.3) is 0 Å². The van der Waals surface area contributed by atoms with Crippen LogP contribution in [0.1, 0.15) is 51.9 Å². The highest BCUT2D eigenvalue weighted by Crippen LogP contribution is 2.48. The van der Waals surface area contributed by atoms with Gasteiger partial charge in [-0.15, -0.1) is 0 Å². The van der Waals surface area contributed by atoms with Gasteiger partial charge in [0.2, 0.25) is 5.91 Å². The van der Waals surface area contributed by atoms with Crippen LogP contribution in [-0.2, 0) is 4.79 Å². The molecule has 0 spiro atoms. The van der Waals surface area contributed by atoms with Gasteiger partial charge >= 0.3 is 0 Å². The van der Waals surface area contributed by atoms with E-state index in [2.05, 4.69) is 17.9 Å². The van der Waals surface area contributed by atoms with Crippen LogP contribution in [0.4, 0.5) is 0 Å². The normalized spacial score (nSPS) is 42.9. The molecule has 0 aromatic rings. The first-order valence-electron chi connectivity index (χ1n) is 7.38. The lowest BCUT2D eigenvalue weighted by molar-refractivity contribution is -0.150. The molecular formula is C15H22N2O. The van der Waals surface area contributed by atoms with Gasteiger partial charge < -0.3 is 4.90 Å². The molecule has 0 N–H and O–H groups in total.